The Morgan fingerprint density at radius 3 is 2.31 bits per heavy atom. The molecule has 1 aliphatic carbocycles. The van der Waals surface area contributed by atoms with Crippen LogP contribution in [0.4, 0.5) is 0 Å². The monoisotopic (exact) mass is 445 g/mol. The number of carbonyl (C=O) groups excluding carboxylic acids is 2. The van der Waals surface area contributed by atoms with Crippen molar-refractivity contribution in [2.45, 2.75) is 39.0 Å². The predicted molar refractivity (Wildman–Crippen MR) is 118 cm³/mol. The number of esters is 1. The topological polar surface area (TPSA) is 96.1 Å². The number of benzene rings is 1. The van der Waals surface area contributed by atoms with E-state index in [0.29, 0.717) is 60.1 Å². The summed E-state index contributed by atoms with van der Waals surface area (Å²) >= 11 is 0. The molecule has 3 rings (SSSR count). The van der Waals surface area contributed by atoms with Gasteiger partial charge in [0.2, 0.25) is 5.75 Å². The molecule has 1 aliphatic rings. The highest BCUT2D eigenvalue weighted by molar-refractivity contribution is 6.03. The van der Waals surface area contributed by atoms with E-state index in [9.17, 15) is 9.59 Å². The van der Waals surface area contributed by atoms with E-state index in [2.05, 4.69) is 4.98 Å². The first kappa shape index (κ1) is 23.7. The molecule has 1 heterocycles. The van der Waals surface area contributed by atoms with E-state index in [1.54, 1.807) is 28.3 Å². The minimum atomic E-state index is -0.478. The Morgan fingerprint density at radius 1 is 1.03 bits per heavy atom. The standard InChI is InChI=1S/C24H31NO7/c1-6-7-31-8-9-32-24(27)22-14(2)21-17(25-22)10-15(11-18(21)26)16-12-19(28-3)23(30-5)20(13-16)29-4/h12-13,15,25H,6-11H2,1-5H3/t15-/m1/s1. The largest absolute Gasteiger partial charge is 0.493 e. The summed E-state index contributed by atoms with van der Waals surface area (Å²) in [6, 6.07) is 3.73. The smallest absolute Gasteiger partial charge is 0.355 e. The third-order valence-corrected chi connectivity index (χ3v) is 5.66. The zero-order valence-corrected chi connectivity index (χ0v) is 19.3. The molecule has 2 aromatic rings. The highest BCUT2D eigenvalue weighted by Crippen LogP contribution is 2.43. The number of aromatic nitrogens is 1. The number of Topliss-reactive ketones (excluding diaryl/α,β-unsaturated/α-hetero) is 1. The van der Waals surface area contributed by atoms with Gasteiger partial charge in [-0.2, -0.15) is 0 Å². The maximum atomic E-state index is 13.0. The summed E-state index contributed by atoms with van der Waals surface area (Å²) in [5.74, 6) is 1.01. The maximum Gasteiger partial charge on any atom is 0.355 e. The number of H-pyrrole nitrogens is 1. The second-order valence-electron chi connectivity index (χ2n) is 7.71. The highest BCUT2D eigenvalue weighted by atomic mass is 16.6. The van der Waals surface area contributed by atoms with Crippen LogP contribution in [0.1, 0.15) is 63.4 Å². The summed E-state index contributed by atoms with van der Waals surface area (Å²) in [6.45, 7) is 4.94. The molecule has 174 valence electrons. The summed E-state index contributed by atoms with van der Waals surface area (Å²) < 4.78 is 27.0. The van der Waals surface area contributed by atoms with Gasteiger partial charge in [-0.3, -0.25) is 4.79 Å². The molecule has 1 aromatic heterocycles. The summed E-state index contributed by atoms with van der Waals surface area (Å²) in [4.78, 5) is 28.7. The van der Waals surface area contributed by atoms with E-state index < -0.39 is 5.97 Å². The Balaban J connectivity index is 1.82. The van der Waals surface area contributed by atoms with E-state index in [-0.39, 0.29) is 18.3 Å². The minimum Gasteiger partial charge on any atom is -0.493 e. The lowest BCUT2D eigenvalue weighted by Gasteiger charge is -2.24. The molecule has 1 aromatic carbocycles. The highest BCUT2D eigenvalue weighted by Gasteiger charge is 2.33. The zero-order valence-electron chi connectivity index (χ0n) is 19.3. The normalized spacial score (nSPS) is 15.3. The minimum absolute atomic E-state index is 0.0101. The van der Waals surface area contributed by atoms with Crippen LogP contribution in [-0.4, -0.2) is 57.9 Å². The van der Waals surface area contributed by atoms with Crippen LogP contribution >= 0.6 is 0 Å². The summed E-state index contributed by atoms with van der Waals surface area (Å²) in [5, 5.41) is 0. The van der Waals surface area contributed by atoms with Gasteiger partial charge in [-0.05, 0) is 48.9 Å². The van der Waals surface area contributed by atoms with Gasteiger partial charge < -0.3 is 28.7 Å². The third kappa shape index (κ3) is 4.75. The molecule has 0 amide bonds. The number of hydrogen-bond acceptors (Lipinski definition) is 7. The Hall–Kier alpha value is -3.00. The average Bonchev–Trinajstić information content (AvgIpc) is 3.14. The van der Waals surface area contributed by atoms with Crippen molar-refractivity contribution in [3.63, 3.8) is 0 Å². The number of fused-ring (bicyclic) bond motifs is 1. The molecular weight excluding hydrogens is 414 g/mol. The molecule has 1 atom stereocenters. The van der Waals surface area contributed by atoms with Gasteiger partial charge in [0, 0.05) is 24.3 Å². The van der Waals surface area contributed by atoms with Crippen LogP contribution in [0.3, 0.4) is 0 Å². The number of methoxy groups -OCH3 is 3. The second-order valence-corrected chi connectivity index (χ2v) is 7.71. The van der Waals surface area contributed by atoms with Crippen molar-refractivity contribution in [1.82, 2.24) is 4.98 Å². The molecule has 0 radical (unpaired) electrons. The molecule has 0 saturated heterocycles. The fourth-order valence-corrected chi connectivity index (χ4v) is 4.12. The Bertz CT molecular complexity index is 954. The third-order valence-electron chi connectivity index (χ3n) is 5.66. The van der Waals surface area contributed by atoms with Crippen molar-refractivity contribution in [3.05, 3.63) is 40.2 Å². The van der Waals surface area contributed by atoms with E-state index in [1.165, 1.54) is 0 Å². The van der Waals surface area contributed by atoms with Crippen LogP contribution in [0.25, 0.3) is 0 Å². The predicted octanol–water partition coefficient (Wildman–Crippen LogP) is 3.85. The quantitative estimate of drug-likeness (QED) is 0.438. The van der Waals surface area contributed by atoms with Crippen LogP contribution < -0.4 is 14.2 Å². The van der Waals surface area contributed by atoms with E-state index in [0.717, 1.165) is 17.7 Å². The van der Waals surface area contributed by atoms with Gasteiger partial charge in [-0.15, -0.1) is 0 Å². The van der Waals surface area contributed by atoms with Gasteiger partial charge in [0.25, 0.3) is 0 Å². The molecule has 0 unspecified atom stereocenters. The van der Waals surface area contributed by atoms with Crippen molar-refractivity contribution in [2.75, 3.05) is 41.2 Å². The Labute approximate surface area is 188 Å². The van der Waals surface area contributed by atoms with Crippen LogP contribution in [0.2, 0.25) is 0 Å². The van der Waals surface area contributed by atoms with Gasteiger partial charge in [-0.1, -0.05) is 6.92 Å². The first-order chi connectivity index (χ1) is 15.4. The van der Waals surface area contributed by atoms with Crippen molar-refractivity contribution in [2.24, 2.45) is 0 Å². The molecule has 32 heavy (non-hydrogen) atoms. The summed E-state index contributed by atoms with van der Waals surface area (Å²) in [6.07, 6.45) is 1.81. The van der Waals surface area contributed by atoms with Crippen LogP contribution in [0.5, 0.6) is 17.2 Å². The molecule has 1 N–H and O–H groups in total. The molecule has 0 fully saturated rings. The van der Waals surface area contributed by atoms with Crippen molar-refractivity contribution < 1.29 is 33.3 Å². The lowest BCUT2D eigenvalue weighted by atomic mass is 9.81. The van der Waals surface area contributed by atoms with Gasteiger partial charge >= 0.3 is 5.97 Å². The molecule has 0 bridgehead atoms. The number of aromatic amines is 1. The van der Waals surface area contributed by atoms with Crippen LogP contribution in [-0.2, 0) is 15.9 Å². The first-order valence-electron chi connectivity index (χ1n) is 10.7. The first-order valence-corrected chi connectivity index (χ1v) is 10.7. The van der Waals surface area contributed by atoms with E-state index in [4.69, 9.17) is 23.7 Å². The van der Waals surface area contributed by atoms with Crippen molar-refractivity contribution in [3.8, 4) is 17.2 Å². The second kappa shape index (κ2) is 10.5. The van der Waals surface area contributed by atoms with E-state index in [1.807, 2.05) is 19.1 Å². The molecule has 0 saturated carbocycles. The van der Waals surface area contributed by atoms with Gasteiger partial charge in [0.1, 0.15) is 12.3 Å². The number of nitrogens with one attached hydrogen (secondary N) is 1. The fourth-order valence-electron chi connectivity index (χ4n) is 4.12. The van der Waals surface area contributed by atoms with Crippen molar-refractivity contribution in [1.29, 1.82) is 0 Å². The van der Waals surface area contributed by atoms with Crippen molar-refractivity contribution >= 4 is 11.8 Å². The number of ether oxygens (including phenoxy) is 5. The number of hydrogen-bond donors (Lipinski definition) is 1. The number of ketones is 1. The van der Waals surface area contributed by atoms with Gasteiger partial charge in [0.05, 0.1) is 27.9 Å². The van der Waals surface area contributed by atoms with Gasteiger partial charge in [-0.25, -0.2) is 4.79 Å². The van der Waals surface area contributed by atoms with Gasteiger partial charge in [0.15, 0.2) is 17.3 Å². The Kier molecular flexibility index (Phi) is 7.80. The Morgan fingerprint density at radius 2 is 1.72 bits per heavy atom. The maximum absolute atomic E-state index is 13.0. The lowest BCUT2D eigenvalue weighted by molar-refractivity contribution is 0.0312. The summed E-state index contributed by atoms with van der Waals surface area (Å²) in [7, 11) is 4.67. The zero-order chi connectivity index (χ0) is 23.3. The molecule has 8 heteroatoms. The SMILES string of the molecule is CCCOCCOC(=O)c1[nH]c2c(c1C)C(=O)C[C@H](c1cc(OC)c(OC)c(OC)c1)C2. The lowest BCUT2D eigenvalue weighted by Crippen LogP contribution is -2.19. The summed E-state index contributed by atoms with van der Waals surface area (Å²) in [5.41, 5.74) is 3.19. The number of rotatable bonds is 10. The molecular formula is C24H31NO7. The average molecular weight is 446 g/mol. The molecule has 8 nitrogen and oxygen atoms in total. The molecule has 0 spiro atoms. The fraction of sp³-hybridized carbons (Fsp3) is 0.500. The number of carbonyl (C=O) groups is 2. The van der Waals surface area contributed by atoms with Crippen LogP contribution in [0, 0.1) is 6.92 Å². The van der Waals surface area contributed by atoms with Crippen LogP contribution in [0.15, 0.2) is 12.1 Å². The molecule has 0 aliphatic heterocycles. The van der Waals surface area contributed by atoms with E-state index >= 15 is 0 Å².